The van der Waals surface area contributed by atoms with Gasteiger partial charge in [-0.05, 0) is 38.3 Å². The molecule has 0 spiro atoms. The average molecular weight is 344 g/mol. The summed E-state index contributed by atoms with van der Waals surface area (Å²) in [6.07, 6.45) is 6.25. The first-order valence-electron chi connectivity index (χ1n) is 8.38. The molecule has 1 aromatic carbocycles. The molecule has 0 radical (unpaired) electrons. The van der Waals surface area contributed by atoms with Gasteiger partial charge in [0.15, 0.2) is 6.61 Å². The smallest absolute Gasteiger partial charge is 0.309 e. The third-order valence-electron chi connectivity index (χ3n) is 4.08. The predicted molar refractivity (Wildman–Crippen MR) is 94.9 cm³/mol. The van der Waals surface area contributed by atoms with Crippen molar-refractivity contribution in [2.45, 2.75) is 26.2 Å². The Balaban J connectivity index is 1.73. The number of esters is 1. The number of amides is 2. The number of ether oxygens (including phenoxy) is 1. The van der Waals surface area contributed by atoms with Gasteiger partial charge < -0.3 is 15.0 Å². The first-order valence-corrected chi connectivity index (χ1v) is 8.38. The van der Waals surface area contributed by atoms with Crippen LogP contribution in [-0.4, -0.2) is 42.9 Å². The monoisotopic (exact) mass is 344 g/mol. The summed E-state index contributed by atoms with van der Waals surface area (Å²) in [6, 6.07) is 7.39. The first-order chi connectivity index (χ1) is 12.0. The predicted octanol–water partition coefficient (Wildman–Crippen LogP) is 2.29. The Morgan fingerprint density at radius 3 is 2.56 bits per heavy atom. The van der Waals surface area contributed by atoms with E-state index in [2.05, 4.69) is 5.32 Å². The molecule has 0 fully saturated rings. The summed E-state index contributed by atoms with van der Waals surface area (Å²) in [5.74, 6) is -1.23. The van der Waals surface area contributed by atoms with Crippen LogP contribution in [0.15, 0.2) is 36.4 Å². The van der Waals surface area contributed by atoms with Crippen LogP contribution in [0.3, 0.4) is 0 Å². The first kappa shape index (κ1) is 18.7. The summed E-state index contributed by atoms with van der Waals surface area (Å²) < 4.78 is 5.08. The third kappa shape index (κ3) is 6.06. The maximum atomic E-state index is 12.0. The Kier molecular flexibility index (Phi) is 6.74. The SMILES string of the molecule is Cc1ccc(NC(=O)CN(C)C(=O)COC(=O)[C@@H]2CC=CCC2)cc1. The number of benzene rings is 1. The van der Waals surface area contributed by atoms with Crippen LogP contribution in [0.4, 0.5) is 5.69 Å². The highest BCUT2D eigenvalue weighted by atomic mass is 16.5. The zero-order valence-electron chi connectivity index (χ0n) is 14.7. The molecule has 6 nitrogen and oxygen atoms in total. The van der Waals surface area contributed by atoms with Crippen molar-refractivity contribution in [3.8, 4) is 0 Å². The van der Waals surface area contributed by atoms with E-state index in [1.807, 2.05) is 31.2 Å². The van der Waals surface area contributed by atoms with E-state index < -0.39 is 5.91 Å². The second-order valence-electron chi connectivity index (χ2n) is 6.25. The quantitative estimate of drug-likeness (QED) is 0.635. The van der Waals surface area contributed by atoms with Crippen molar-refractivity contribution in [3.05, 3.63) is 42.0 Å². The minimum atomic E-state index is -0.404. The molecule has 0 saturated heterocycles. The lowest BCUT2D eigenvalue weighted by molar-refractivity contribution is -0.155. The summed E-state index contributed by atoms with van der Waals surface area (Å²) in [7, 11) is 1.51. The van der Waals surface area contributed by atoms with Crippen molar-refractivity contribution >= 4 is 23.5 Å². The standard InChI is InChI=1S/C19H24N2O4/c1-14-8-10-16(11-9-14)20-17(22)12-21(2)18(23)13-25-19(24)15-6-4-3-5-7-15/h3-4,8-11,15H,5-7,12-13H2,1-2H3,(H,20,22)/t15-/m1/s1. The molecule has 0 unspecified atom stereocenters. The summed E-state index contributed by atoms with van der Waals surface area (Å²) in [6.45, 7) is 1.52. The van der Waals surface area contributed by atoms with Gasteiger partial charge in [0.05, 0.1) is 12.5 Å². The Bertz CT molecular complexity index is 652. The van der Waals surface area contributed by atoms with Crippen molar-refractivity contribution in [2.75, 3.05) is 25.5 Å². The highest BCUT2D eigenvalue weighted by Gasteiger charge is 2.22. The fraction of sp³-hybridized carbons (Fsp3) is 0.421. The van der Waals surface area contributed by atoms with Gasteiger partial charge in [0.2, 0.25) is 5.91 Å². The Morgan fingerprint density at radius 1 is 1.20 bits per heavy atom. The summed E-state index contributed by atoms with van der Waals surface area (Å²) >= 11 is 0. The van der Waals surface area contributed by atoms with Crippen LogP contribution >= 0.6 is 0 Å². The van der Waals surface area contributed by atoms with Gasteiger partial charge >= 0.3 is 5.97 Å². The molecule has 1 aliphatic rings. The van der Waals surface area contributed by atoms with Gasteiger partial charge in [0, 0.05) is 12.7 Å². The third-order valence-corrected chi connectivity index (χ3v) is 4.08. The molecule has 0 heterocycles. The fourth-order valence-corrected chi connectivity index (χ4v) is 2.51. The number of likely N-dealkylation sites (N-methyl/N-ethyl adjacent to an activating group) is 1. The van der Waals surface area contributed by atoms with Crippen LogP contribution in [0, 0.1) is 12.8 Å². The lowest BCUT2D eigenvalue weighted by Crippen LogP contribution is -2.38. The van der Waals surface area contributed by atoms with E-state index >= 15 is 0 Å². The molecule has 2 amide bonds. The second-order valence-corrected chi connectivity index (χ2v) is 6.25. The number of hydrogen-bond acceptors (Lipinski definition) is 4. The Hall–Kier alpha value is -2.63. The maximum absolute atomic E-state index is 12.0. The van der Waals surface area contributed by atoms with E-state index in [9.17, 15) is 14.4 Å². The summed E-state index contributed by atoms with van der Waals surface area (Å²) in [5, 5.41) is 2.72. The summed E-state index contributed by atoms with van der Waals surface area (Å²) in [4.78, 5) is 37.2. The van der Waals surface area contributed by atoms with Crippen molar-refractivity contribution in [1.82, 2.24) is 4.90 Å². The number of nitrogens with zero attached hydrogens (tertiary/aromatic N) is 1. The van der Waals surface area contributed by atoms with Crippen LogP contribution in [0.1, 0.15) is 24.8 Å². The van der Waals surface area contributed by atoms with E-state index in [1.165, 1.54) is 11.9 Å². The van der Waals surface area contributed by atoms with E-state index in [0.29, 0.717) is 12.1 Å². The van der Waals surface area contributed by atoms with Crippen molar-refractivity contribution in [2.24, 2.45) is 5.92 Å². The number of nitrogens with one attached hydrogen (secondary N) is 1. The van der Waals surface area contributed by atoms with E-state index in [1.54, 1.807) is 12.1 Å². The molecule has 6 heteroatoms. The molecule has 134 valence electrons. The molecule has 1 aromatic rings. The zero-order chi connectivity index (χ0) is 18.2. The molecule has 0 saturated carbocycles. The van der Waals surface area contributed by atoms with E-state index in [-0.39, 0.29) is 30.9 Å². The van der Waals surface area contributed by atoms with Crippen LogP contribution in [0.2, 0.25) is 0 Å². The van der Waals surface area contributed by atoms with Gasteiger partial charge in [-0.25, -0.2) is 0 Å². The van der Waals surface area contributed by atoms with Gasteiger partial charge in [-0.2, -0.15) is 0 Å². The molecule has 1 aliphatic carbocycles. The maximum Gasteiger partial charge on any atom is 0.309 e. The average Bonchev–Trinajstić information content (AvgIpc) is 2.62. The molecule has 25 heavy (non-hydrogen) atoms. The van der Waals surface area contributed by atoms with E-state index in [0.717, 1.165) is 18.4 Å². The van der Waals surface area contributed by atoms with Gasteiger partial charge in [-0.15, -0.1) is 0 Å². The van der Waals surface area contributed by atoms with Gasteiger partial charge in [-0.3, -0.25) is 14.4 Å². The molecule has 1 atom stereocenters. The van der Waals surface area contributed by atoms with Crippen molar-refractivity contribution < 1.29 is 19.1 Å². The highest BCUT2D eigenvalue weighted by Crippen LogP contribution is 2.19. The number of hydrogen-bond donors (Lipinski definition) is 1. The molecule has 2 rings (SSSR count). The second kappa shape index (κ2) is 9.01. The molecule has 0 aliphatic heterocycles. The topological polar surface area (TPSA) is 75.7 Å². The van der Waals surface area contributed by atoms with Crippen molar-refractivity contribution in [3.63, 3.8) is 0 Å². The van der Waals surface area contributed by atoms with Crippen molar-refractivity contribution in [1.29, 1.82) is 0 Å². The zero-order valence-corrected chi connectivity index (χ0v) is 14.7. The van der Waals surface area contributed by atoms with Crippen LogP contribution < -0.4 is 5.32 Å². The number of carbonyl (C=O) groups is 3. The summed E-state index contributed by atoms with van der Waals surface area (Å²) in [5.41, 5.74) is 1.77. The highest BCUT2D eigenvalue weighted by molar-refractivity contribution is 5.94. The number of aryl methyl sites for hydroxylation is 1. The Labute approximate surface area is 147 Å². The minimum Gasteiger partial charge on any atom is -0.455 e. The Morgan fingerprint density at radius 2 is 1.92 bits per heavy atom. The molecular formula is C19H24N2O4. The number of rotatable bonds is 6. The molecule has 0 aromatic heterocycles. The van der Waals surface area contributed by atoms with Gasteiger partial charge in [0.25, 0.3) is 5.91 Å². The normalized spacial score (nSPS) is 16.2. The lowest BCUT2D eigenvalue weighted by atomic mass is 9.95. The minimum absolute atomic E-state index is 0.101. The largest absolute Gasteiger partial charge is 0.455 e. The molecule has 1 N–H and O–H groups in total. The number of anilines is 1. The van der Waals surface area contributed by atoms with Crippen LogP contribution in [-0.2, 0) is 19.1 Å². The molecular weight excluding hydrogens is 320 g/mol. The van der Waals surface area contributed by atoms with Crippen LogP contribution in [0.25, 0.3) is 0 Å². The van der Waals surface area contributed by atoms with Crippen LogP contribution in [0.5, 0.6) is 0 Å². The fourth-order valence-electron chi connectivity index (χ4n) is 2.51. The number of allylic oxidation sites excluding steroid dienone is 2. The van der Waals surface area contributed by atoms with E-state index in [4.69, 9.17) is 4.74 Å². The number of carbonyl (C=O) groups excluding carboxylic acids is 3. The lowest BCUT2D eigenvalue weighted by Gasteiger charge is -2.19. The van der Waals surface area contributed by atoms with Gasteiger partial charge in [0.1, 0.15) is 0 Å². The van der Waals surface area contributed by atoms with Gasteiger partial charge in [-0.1, -0.05) is 29.8 Å². The molecule has 0 bridgehead atoms.